The lowest BCUT2D eigenvalue weighted by Gasteiger charge is -2.28. The van der Waals surface area contributed by atoms with Gasteiger partial charge in [-0.3, -0.25) is 10.1 Å². The van der Waals surface area contributed by atoms with Crippen LogP contribution in [-0.2, 0) is 10.0 Å². The molecule has 1 aromatic rings. The third kappa shape index (κ3) is 3.66. The molecule has 7 nitrogen and oxygen atoms in total. The van der Waals surface area contributed by atoms with Crippen molar-refractivity contribution >= 4 is 27.3 Å². The molecule has 0 radical (unpaired) electrons. The number of nitrogens with one attached hydrogen (secondary N) is 1. The predicted molar refractivity (Wildman–Crippen MR) is 74.2 cm³/mol. The molecule has 1 atom stereocenters. The van der Waals surface area contributed by atoms with Gasteiger partial charge in [0.1, 0.15) is 5.02 Å². The number of aliphatic hydroxyl groups excluding tert-OH is 1. The Balaban J connectivity index is 3.24. The van der Waals surface area contributed by atoms with Crippen LogP contribution in [0.25, 0.3) is 0 Å². The predicted octanol–water partition coefficient (Wildman–Crippen LogP) is 1.69. The zero-order chi connectivity index (χ0) is 15.7. The molecule has 0 saturated carbocycles. The Hall–Kier alpha value is -1.22. The number of hydrogen-bond donors (Lipinski definition) is 2. The molecule has 0 amide bonds. The summed E-state index contributed by atoms with van der Waals surface area (Å²) in [5, 5.41) is 20.1. The SMILES string of the molecule is CC(O)C(C)(C)NS(=O)(=O)c1ccc(Cl)c([N+](=O)[O-])c1. The summed E-state index contributed by atoms with van der Waals surface area (Å²) in [4.78, 5) is 9.71. The second-order valence-electron chi connectivity index (χ2n) is 4.87. The highest BCUT2D eigenvalue weighted by molar-refractivity contribution is 7.89. The van der Waals surface area contributed by atoms with Gasteiger partial charge in [-0.05, 0) is 32.9 Å². The van der Waals surface area contributed by atoms with Gasteiger partial charge in [-0.2, -0.15) is 0 Å². The van der Waals surface area contributed by atoms with E-state index in [2.05, 4.69) is 4.72 Å². The highest BCUT2D eigenvalue weighted by Gasteiger charge is 2.31. The van der Waals surface area contributed by atoms with Gasteiger partial charge < -0.3 is 5.11 Å². The minimum Gasteiger partial charge on any atom is -0.391 e. The molecular formula is C11H15ClN2O5S. The lowest BCUT2D eigenvalue weighted by Crippen LogP contribution is -2.50. The Bertz CT molecular complexity index is 628. The maximum Gasteiger partial charge on any atom is 0.289 e. The van der Waals surface area contributed by atoms with E-state index >= 15 is 0 Å². The van der Waals surface area contributed by atoms with E-state index in [1.807, 2.05) is 0 Å². The van der Waals surface area contributed by atoms with E-state index in [4.69, 9.17) is 11.6 Å². The van der Waals surface area contributed by atoms with Crippen LogP contribution in [0.2, 0.25) is 5.02 Å². The first-order valence-corrected chi connectivity index (χ1v) is 7.49. The Morgan fingerprint density at radius 3 is 2.45 bits per heavy atom. The average molecular weight is 323 g/mol. The first kappa shape index (κ1) is 16.8. The molecule has 0 aromatic heterocycles. The van der Waals surface area contributed by atoms with Gasteiger partial charge in [-0.25, -0.2) is 13.1 Å². The fourth-order valence-electron chi connectivity index (χ4n) is 1.29. The number of aliphatic hydroxyl groups is 1. The minimum absolute atomic E-state index is 0.149. The van der Waals surface area contributed by atoms with E-state index < -0.39 is 32.3 Å². The molecule has 0 heterocycles. The van der Waals surface area contributed by atoms with Gasteiger partial charge in [-0.15, -0.1) is 0 Å². The smallest absolute Gasteiger partial charge is 0.289 e. The van der Waals surface area contributed by atoms with E-state index in [1.165, 1.54) is 20.8 Å². The quantitative estimate of drug-likeness (QED) is 0.633. The fraction of sp³-hybridized carbons (Fsp3) is 0.455. The highest BCUT2D eigenvalue weighted by Crippen LogP contribution is 2.27. The summed E-state index contributed by atoms with van der Waals surface area (Å²) in [6, 6.07) is 3.18. The van der Waals surface area contributed by atoms with Gasteiger partial charge in [0.2, 0.25) is 10.0 Å². The van der Waals surface area contributed by atoms with Crippen molar-refractivity contribution in [3.05, 3.63) is 33.3 Å². The van der Waals surface area contributed by atoms with Crippen LogP contribution >= 0.6 is 11.6 Å². The van der Waals surface area contributed by atoms with Crippen molar-refractivity contribution in [3.63, 3.8) is 0 Å². The first-order valence-electron chi connectivity index (χ1n) is 5.63. The largest absolute Gasteiger partial charge is 0.391 e. The van der Waals surface area contributed by atoms with E-state index in [9.17, 15) is 23.6 Å². The van der Waals surface area contributed by atoms with E-state index in [0.29, 0.717) is 0 Å². The Kier molecular flexibility index (Phi) is 4.75. The Morgan fingerprint density at radius 2 is 2.00 bits per heavy atom. The van der Waals surface area contributed by atoms with Crippen LogP contribution in [0.5, 0.6) is 0 Å². The van der Waals surface area contributed by atoms with Gasteiger partial charge in [-0.1, -0.05) is 11.6 Å². The molecule has 1 unspecified atom stereocenters. The summed E-state index contributed by atoms with van der Waals surface area (Å²) in [5.41, 5.74) is -1.61. The number of nitro benzene ring substituents is 1. The lowest BCUT2D eigenvalue weighted by molar-refractivity contribution is -0.384. The topological polar surface area (TPSA) is 110 Å². The van der Waals surface area contributed by atoms with Crippen LogP contribution in [0.4, 0.5) is 5.69 Å². The molecule has 0 aliphatic heterocycles. The maximum absolute atomic E-state index is 12.2. The minimum atomic E-state index is -4.01. The zero-order valence-electron chi connectivity index (χ0n) is 11.1. The van der Waals surface area contributed by atoms with Crippen LogP contribution in [0.15, 0.2) is 23.1 Å². The molecule has 1 rings (SSSR count). The van der Waals surface area contributed by atoms with Crippen LogP contribution in [0.3, 0.4) is 0 Å². The van der Waals surface area contributed by atoms with Crippen LogP contribution in [-0.4, -0.2) is 30.1 Å². The van der Waals surface area contributed by atoms with Crippen molar-refractivity contribution in [1.29, 1.82) is 0 Å². The van der Waals surface area contributed by atoms with Gasteiger partial charge >= 0.3 is 0 Å². The number of sulfonamides is 1. The molecule has 0 fully saturated rings. The molecule has 20 heavy (non-hydrogen) atoms. The number of nitro groups is 1. The van der Waals surface area contributed by atoms with Crippen molar-refractivity contribution in [1.82, 2.24) is 4.72 Å². The van der Waals surface area contributed by atoms with Gasteiger partial charge in [0.15, 0.2) is 0 Å². The first-order chi connectivity index (χ1) is 8.97. The molecule has 0 aliphatic rings. The summed E-state index contributed by atoms with van der Waals surface area (Å²) >= 11 is 5.63. The standard InChI is InChI=1S/C11H15ClN2O5S/c1-7(15)11(2,3)13-20(18,19)8-4-5-9(12)10(6-8)14(16)17/h4-7,13,15H,1-3H3. The summed E-state index contributed by atoms with van der Waals surface area (Å²) in [7, 11) is -4.01. The Labute approximate surface area is 121 Å². The van der Waals surface area contributed by atoms with Crippen LogP contribution in [0.1, 0.15) is 20.8 Å². The second kappa shape index (κ2) is 5.65. The van der Waals surface area contributed by atoms with Gasteiger partial charge in [0.05, 0.1) is 21.5 Å². The number of halogens is 1. The lowest BCUT2D eigenvalue weighted by atomic mass is 10.0. The third-order valence-corrected chi connectivity index (χ3v) is 4.86. The molecule has 0 bridgehead atoms. The van der Waals surface area contributed by atoms with Crippen LogP contribution in [0, 0.1) is 10.1 Å². The molecule has 0 saturated heterocycles. The van der Waals surface area contributed by atoms with E-state index in [-0.39, 0.29) is 9.92 Å². The zero-order valence-corrected chi connectivity index (χ0v) is 12.7. The molecule has 0 aliphatic carbocycles. The van der Waals surface area contributed by atoms with E-state index in [0.717, 1.165) is 18.2 Å². The molecule has 112 valence electrons. The van der Waals surface area contributed by atoms with Crippen LogP contribution < -0.4 is 4.72 Å². The molecule has 9 heteroatoms. The molecule has 0 spiro atoms. The normalized spacial score (nSPS) is 14.1. The maximum atomic E-state index is 12.2. The molecule has 2 N–H and O–H groups in total. The number of nitrogens with zero attached hydrogens (tertiary/aromatic N) is 1. The second-order valence-corrected chi connectivity index (χ2v) is 6.96. The third-order valence-electron chi connectivity index (χ3n) is 2.87. The number of benzene rings is 1. The molecule has 1 aromatic carbocycles. The Morgan fingerprint density at radius 1 is 1.45 bits per heavy atom. The van der Waals surface area contributed by atoms with Crippen molar-refractivity contribution in [2.24, 2.45) is 0 Å². The highest BCUT2D eigenvalue weighted by atomic mass is 35.5. The van der Waals surface area contributed by atoms with Gasteiger partial charge in [0, 0.05) is 6.07 Å². The summed E-state index contributed by atoms with van der Waals surface area (Å²) < 4.78 is 26.6. The summed E-state index contributed by atoms with van der Waals surface area (Å²) in [6.45, 7) is 4.44. The summed E-state index contributed by atoms with van der Waals surface area (Å²) in [6.07, 6.45) is -0.945. The van der Waals surface area contributed by atoms with E-state index in [1.54, 1.807) is 0 Å². The number of hydrogen-bond acceptors (Lipinski definition) is 5. The number of rotatable bonds is 5. The van der Waals surface area contributed by atoms with Crippen molar-refractivity contribution in [2.75, 3.05) is 0 Å². The van der Waals surface area contributed by atoms with Crippen molar-refractivity contribution in [3.8, 4) is 0 Å². The van der Waals surface area contributed by atoms with Crippen molar-refractivity contribution in [2.45, 2.75) is 37.3 Å². The monoisotopic (exact) mass is 322 g/mol. The summed E-state index contributed by atoms with van der Waals surface area (Å²) in [5.74, 6) is 0. The molecular weight excluding hydrogens is 308 g/mol. The average Bonchev–Trinajstić information content (AvgIpc) is 2.27. The van der Waals surface area contributed by atoms with Gasteiger partial charge in [0.25, 0.3) is 5.69 Å². The fourth-order valence-corrected chi connectivity index (χ4v) is 2.97. The van der Waals surface area contributed by atoms with Crippen molar-refractivity contribution < 1.29 is 18.4 Å².